The summed E-state index contributed by atoms with van der Waals surface area (Å²) in [4.78, 5) is 0. The predicted octanol–water partition coefficient (Wildman–Crippen LogP) is -2.79. The summed E-state index contributed by atoms with van der Waals surface area (Å²) in [5.41, 5.74) is 0. The molecule has 0 spiro atoms. The second kappa shape index (κ2) is 2.38. The molecular weight excluding hydrogens is 168 g/mol. The van der Waals surface area contributed by atoms with Gasteiger partial charge in [0.15, 0.2) is 5.79 Å². The standard InChI is InChI=1S/C6H12O6/c7-4(8)1-2-5(9,10)6(11,12)3-4/h7-12H,1-3H2. The van der Waals surface area contributed by atoms with Gasteiger partial charge in [0.05, 0.1) is 6.42 Å². The molecule has 1 aliphatic rings. The van der Waals surface area contributed by atoms with Crippen molar-refractivity contribution >= 4 is 0 Å². The van der Waals surface area contributed by atoms with Gasteiger partial charge in [0.1, 0.15) is 0 Å². The maximum absolute atomic E-state index is 8.97. The van der Waals surface area contributed by atoms with Gasteiger partial charge < -0.3 is 30.6 Å². The fourth-order valence-corrected chi connectivity index (χ4v) is 1.20. The molecule has 0 aliphatic heterocycles. The minimum atomic E-state index is -2.88. The van der Waals surface area contributed by atoms with Crippen LogP contribution >= 0.6 is 0 Å². The van der Waals surface area contributed by atoms with Crippen LogP contribution < -0.4 is 0 Å². The largest absolute Gasteiger partial charge is 0.365 e. The smallest absolute Gasteiger partial charge is 0.223 e. The molecule has 0 heterocycles. The van der Waals surface area contributed by atoms with Crippen LogP contribution in [0.1, 0.15) is 19.3 Å². The van der Waals surface area contributed by atoms with Gasteiger partial charge in [-0.15, -0.1) is 0 Å². The third-order valence-corrected chi connectivity index (χ3v) is 2.04. The minimum Gasteiger partial charge on any atom is -0.365 e. The van der Waals surface area contributed by atoms with Gasteiger partial charge in [0.2, 0.25) is 11.6 Å². The van der Waals surface area contributed by atoms with Crippen molar-refractivity contribution < 1.29 is 30.6 Å². The van der Waals surface area contributed by atoms with Gasteiger partial charge in [-0.2, -0.15) is 0 Å². The number of hydrogen-bond acceptors (Lipinski definition) is 6. The van der Waals surface area contributed by atoms with E-state index < -0.39 is 30.2 Å². The summed E-state index contributed by atoms with van der Waals surface area (Å²) in [5, 5.41) is 53.8. The first-order valence-corrected chi connectivity index (χ1v) is 3.51. The highest BCUT2D eigenvalue weighted by Crippen LogP contribution is 2.37. The minimum absolute atomic E-state index is 0.317. The fraction of sp³-hybridized carbons (Fsp3) is 1.00. The first-order chi connectivity index (χ1) is 5.16. The first-order valence-electron chi connectivity index (χ1n) is 3.51. The van der Waals surface area contributed by atoms with Crippen LogP contribution in [0.25, 0.3) is 0 Å². The maximum Gasteiger partial charge on any atom is 0.223 e. The van der Waals surface area contributed by atoms with Crippen LogP contribution in [-0.4, -0.2) is 48.0 Å². The quantitative estimate of drug-likeness (QED) is 0.224. The van der Waals surface area contributed by atoms with Gasteiger partial charge in [-0.25, -0.2) is 0 Å². The van der Waals surface area contributed by atoms with Crippen molar-refractivity contribution in [3.63, 3.8) is 0 Å². The highest BCUT2D eigenvalue weighted by molar-refractivity contribution is 4.93. The van der Waals surface area contributed by atoms with Crippen molar-refractivity contribution in [1.82, 2.24) is 0 Å². The van der Waals surface area contributed by atoms with Crippen LogP contribution in [0.2, 0.25) is 0 Å². The van der Waals surface area contributed by atoms with Crippen LogP contribution in [-0.2, 0) is 0 Å². The molecule has 6 heteroatoms. The van der Waals surface area contributed by atoms with Crippen molar-refractivity contribution in [2.24, 2.45) is 0 Å². The second-order valence-corrected chi connectivity index (χ2v) is 3.29. The lowest BCUT2D eigenvalue weighted by Gasteiger charge is -2.43. The highest BCUT2D eigenvalue weighted by Gasteiger charge is 2.56. The molecule has 0 bridgehead atoms. The van der Waals surface area contributed by atoms with Crippen molar-refractivity contribution in [1.29, 1.82) is 0 Å². The zero-order valence-electron chi connectivity index (χ0n) is 6.30. The summed E-state index contributed by atoms with van der Waals surface area (Å²) in [6, 6.07) is 0. The Morgan fingerprint density at radius 2 is 1.17 bits per heavy atom. The van der Waals surface area contributed by atoms with E-state index in [4.69, 9.17) is 30.6 Å². The Balaban J connectivity index is 2.82. The van der Waals surface area contributed by atoms with E-state index in [1.54, 1.807) is 0 Å². The molecule has 0 aromatic rings. The van der Waals surface area contributed by atoms with Crippen LogP contribution in [0.15, 0.2) is 0 Å². The third kappa shape index (κ3) is 1.58. The van der Waals surface area contributed by atoms with E-state index in [1.165, 1.54) is 0 Å². The van der Waals surface area contributed by atoms with E-state index in [-0.39, 0.29) is 6.42 Å². The van der Waals surface area contributed by atoms with E-state index in [2.05, 4.69) is 0 Å². The van der Waals surface area contributed by atoms with Gasteiger partial charge in [-0.1, -0.05) is 0 Å². The molecule has 6 N–H and O–H groups in total. The Hall–Kier alpha value is -0.240. The second-order valence-electron chi connectivity index (χ2n) is 3.29. The topological polar surface area (TPSA) is 121 Å². The average Bonchev–Trinajstić information content (AvgIpc) is 1.79. The monoisotopic (exact) mass is 180 g/mol. The van der Waals surface area contributed by atoms with Gasteiger partial charge in [0, 0.05) is 12.8 Å². The van der Waals surface area contributed by atoms with Gasteiger partial charge in [-0.05, 0) is 0 Å². The van der Waals surface area contributed by atoms with Crippen LogP contribution in [0, 0.1) is 0 Å². The summed E-state index contributed by atoms with van der Waals surface area (Å²) in [5.74, 6) is -7.81. The fourth-order valence-electron chi connectivity index (χ4n) is 1.20. The number of hydrogen-bond donors (Lipinski definition) is 6. The molecule has 0 unspecified atom stereocenters. The van der Waals surface area contributed by atoms with Crippen LogP contribution in [0.3, 0.4) is 0 Å². The Morgan fingerprint density at radius 3 is 1.50 bits per heavy atom. The van der Waals surface area contributed by atoms with Crippen LogP contribution in [0.4, 0.5) is 0 Å². The van der Waals surface area contributed by atoms with Crippen molar-refractivity contribution in [3.05, 3.63) is 0 Å². The first kappa shape index (κ1) is 9.85. The Kier molecular flexibility index (Phi) is 1.95. The predicted molar refractivity (Wildman–Crippen MR) is 35.4 cm³/mol. The van der Waals surface area contributed by atoms with Gasteiger partial charge in [-0.3, -0.25) is 0 Å². The summed E-state index contributed by atoms with van der Waals surface area (Å²) in [6.45, 7) is 0. The number of rotatable bonds is 0. The molecule has 12 heavy (non-hydrogen) atoms. The van der Waals surface area contributed by atoms with Crippen molar-refractivity contribution in [3.8, 4) is 0 Å². The molecule has 6 nitrogen and oxygen atoms in total. The van der Waals surface area contributed by atoms with Gasteiger partial charge in [0.25, 0.3) is 0 Å². The molecule has 72 valence electrons. The molecule has 0 saturated heterocycles. The van der Waals surface area contributed by atoms with Crippen LogP contribution in [0.5, 0.6) is 0 Å². The zero-order chi connectivity index (χ0) is 9.62. The molecule has 0 aromatic carbocycles. The maximum atomic E-state index is 8.97. The lowest BCUT2D eigenvalue weighted by Crippen LogP contribution is -2.62. The lowest BCUT2D eigenvalue weighted by atomic mass is 9.84. The summed E-state index contributed by atoms with van der Waals surface area (Å²) in [6.07, 6.45) is -1.73. The molecule has 1 aliphatic carbocycles. The molecule has 0 atom stereocenters. The Labute approximate surface area is 68.3 Å². The number of aliphatic hydroxyl groups is 6. The highest BCUT2D eigenvalue weighted by atomic mass is 16.6. The molecule has 1 rings (SSSR count). The lowest BCUT2D eigenvalue weighted by molar-refractivity contribution is -0.406. The molecule has 1 saturated carbocycles. The van der Waals surface area contributed by atoms with E-state index in [0.29, 0.717) is 0 Å². The summed E-state index contributed by atoms with van der Waals surface area (Å²) in [7, 11) is 0. The van der Waals surface area contributed by atoms with E-state index in [0.717, 1.165) is 0 Å². The zero-order valence-corrected chi connectivity index (χ0v) is 6.30. The molecule has 0 amide bonds. The molecule has 1 fully saturated rings. The summed E-state index contributed by atoms with van der Waals surface area (Å²) < 4.78 is 0. The average molecular weight is 180 g/mol. The third-order valence-electron chi connectivity index (χ3n) is 2.04. The molecule has 0 aromatic heterocycles. The van der Waals surface area contributed by atoms with E-state index in [1.807, 2.05) is 0 Å². The summed E-state index contributed by atoms with van der Waals surface area (Å²) >= 11 is 0. The van der Waals surface area contributed by atoms with Gasteiger partial charge >= 0.3 is 0 Å². The molecular formula is C6H12O6. The van der Waals surface area contributed by atoms with E-state index in [9.17, 15) is 0 Å². The SMILES string of the molecule is OC1(O)CCC(O)(O)C(O)(O)C1. The Bertz CT molecular complexity index is 184. The van der Waals surface area contributed by atoms with Crippen molar-refractivity contribution in [2.45, 2.75) is 36.6 Å². The molecule has 0 radical (unpaired) electrons. The normalized spacial score (nSPS) is 31.5. The van der Waals surface area contributed by atoms with E-state index >= 15 is 0 Å². The van der Waals surface area contributed by atoms with Crippen molar-refractivity contribution in [2.75, 3.05) is 0 Å². The Morgan fingerprint density at radius 1 is 0.667 bits per heavy atom.